The molecule has 0 fully saturated rings. The van der Waals surface area contributed by atoms with E-state index >= 15 is 0 Å². The molecule has 10 heteroatoms. The first-order valence-electron chi connectivity index (χ1n) is 10.9. The zero-order valence-electron chi connectivity index (χ0n) is 19.1. The van der Waals surface area contributed by atoms with Crippen molar-refractivity contribution in [3.63, 3.8) is 0 Å². The molecule has 0 heterocycles. The largest absolute Gasteiger partial charge is 0.492 e. The Balaban J connectivity index is 1.56. The van der Waals surface area contributed by atoms with Crippen molar-refractivity contribution in [3.05, 3.63) is 83.6 Å². The third kappa shape index (κ3) is 8.45. The number of para-hydroxylation sites is 1. The SMILES string of the molecule is CS(=O)(=O)N(CCCC(=O)NCCOc1ccc(F)cc1)c1cc(Cl)ccc1Oc1ccccc1. The predicted octanol–water partition coefficient (Wildman–Crippen LogP) is 5.01. The minimum atomic E-state index is -3.69. The number of amides is 1. The maximum atomic E-state index is 12.9. The fourth-order valence-electron chi connectivity index (χ4n) is 3.21. The Labute approximate surface area is 209 Å². The molecule has 0 aliphatic carbocycles. The Bertz CT molecular complexity index is 1220. The second kappa shape index (κ2) is 12.4. The molecule has 1 N–H and O–H groups in total. The highest BCUT2D eigenvalue weighted by atomic mass is 35.5. The Kier molecular flexibility index (Phi) is 9.33. The van der Waals surface area contributed by atoms with Gasteiger partial charge in [0.1, 0.15) is 23.9 Å². The maximum absolute atomic E-state index is 12.9. The van der Waals surface area contributed by atoms with Gasteiger partial charge in [-0.3, -0.25) is 9.10 Å². The van der Waals surface area contributed by atoms with Crippen LogP contribution in [0.15, 0.2) is 72.8 Å². The highest BCUT2D eigenvalue weighted by Crippen LogP contribution is 2.36. The van der Waals surface area contributed by atoms with Crippen molar-refractivity contribution in [2.75, 3.05) is 30.3 Å². The highest BCUT2D eigenvalue weighted by molar-refractivity contribution is 7.92. The standard InChI is InChI=1S/C25H26ClFN2O5S/c1-35(31,32)29(23-18-19(26)9-14-24(23)34-22-6-3-2-4-7-22)16-5-8-25(30)28-15-17-33-21-12-10-20(27)11-13-21/h2-4,6-7,9-14,18H,5,8,15-17H2,1H3,(H,28,30). The summed E-state index contributed by atoms with van der Waals surface area (Å²) in [6, 6.07) is 19.3. The molecular formula is C25H26ClFN2O5S. The summed E-state index contributed by atoms with van der Waals surface area (Å²) in [6.07, 6.45) is 1.47. The lowest BCUT2D eigenvalue weighted by Crippen LogP contribution is -2.33. The van der Waals surface area contributed by atoms with E-state index in [0.717, 1.165) is 6.26 Å². The van der Waals surface area contributed by atoms with E-state index in [-0.39, 0.29) is 49.9 Å². The summed E-state index contributed by atoms with van der Waals surface area (Å²) >= 11 is 6.15. The summed E-state index contributed by atoms with van der Waals surface area (Å²) in [5, 5.41) is 3.07. The first kappa shape index (κ1) is 26.3. The van der Waals surface area contributed by atoms with Crippen molar-refractivity contribution in [1.82, 2.24) is 5.32 Å². The van der Waals surface area contributed by atoms with E-state index in [0.29, 0.717) is 22.3 Å². The maximum Gasteiger partial charge on any atom is 0.232 e. The van der Waals surface area contributed by atoms with Gasteiger partial charge in [0, 0.05) is 18.0 Å². The highest BCUT2D eigenvalue weighted by Gasteiger charge is 2.22. The smallest absolute Gasteiger partial charge is 0.232 e. The number of carbonyl (C=O) groups is 1. The third-order valence-electron chi connectivity index (χ3n) is 4.83. The number of nitrogens with zero attached hydrogens (tertiary/aromatic N) is 1. The molecule has 0 saturated heterocycles. The molecule has 0 aromatic heterocycles. The summed E-state index contributed by atoms with van der Waals surface area (Å²) in [6.45, 7) is 0.536. The van der Waals surface area contributed by atoms with E-state index in [2.05, 4.69) is 5.32 Å². The van der Waals surface area contributed by atoms with Crippen molar-refractivity contribution in [2.45, 2.75) is 12.8 Å². The average Bonchev–Trinajstić information content (AvgIpc) is 2.82. The van der Waals surface area contributed by atoms with E-state index < -0.39 is 10.0 Å². The molecule has 0 spiro atoms. The van der Waals surface area contributed by atoms with Gasteiger partial charge in [-0.25, -0.2) is 12.8 Å². The average molecular weight is 521 g/mol. The minimum Gasteiger partial charge on any atom is -0.492 e. The number of sulfonamides is 1. The first-order chi connectivity index (χ1) is 16.7. The quantitative estimate of drug-likeness (QED) is 0.339. The first-order valence-corrected chi connectivity index (χ1v) is 13.1. The number of carbonyl (C=O) groups excluding carboxylic acids is 1. The molecule has 0 bridgehead atoms. The van der Waals surface area contributed by atoms with Crippen molar-refractivity contribution in [2.24, 2.45) is 0 Å². The van der Waals surface area contributed by atoms with Gasteiger partial charge in [-0.2, -0.15) is 0 Å². The number of anilines is 1. The van der Waals surface area contributed by atoms with Gasteiger partial charge in [-0.15, -0.1) is 0 Å². The summed E-state index contributed by atoms with van der Waals surface area (Å²) in [5.74, 6) is 0.776. The number of hydrogen-bond donors (Lipinski definition) is 1. The molecule has 3 aromatic carbocycles. The van der Waals surface area contributed by atoms with Crippen LogP contribution in [0.25, 0.3) is 0 Å². The van der Waals surface area contributed by atoms with Crippen LogP contribution in [0.1, 0.15) is 12.8 Å². The van der Waals surface area contributed by atoms with Gasteiger partial charge in [0.2, 0.25) is 15.9 Å². The summed E-state index contributed by atoms with van der Waals surface area (Å²) in [4.78, 5) is 12.2. The van der Waals surface area contributed by atoms with Crippen LogP contribution in [0.5, 0.6) is 17.2 Å². The molecule has 186 valence electrons. The Morgan fingerprint density at radius 2 is 1.74 bits per heavy atom. The minimum absolute atomic E-state index is 0.0593. The molecule has 3 rings (SSSR count). The fourth-order valence-corrected chi connectivity index (χ4v) is 4.34. The van der Waals surface area contributed by atoms with E-state index in [1.54, 1.807) is 24.3 Å². The van der Waals surface area contributed by atoms with Crippen LogP contribution in [0, 0.1) is 5.82 Å². The zero-order chi connectivity index (χ0) is 25.3. The summed E-state index contributed by atoms with van der Waals surface area (Å²) in [7, 11) is -3.69. The molecule has 0 radical (unpaired) electrons. The van der Waals surface area contributed by atoms with Crippen LogP contribution in [-0.4, -0.2) is 40.3 Å². The molecule has 1 amide bonds. The number of benzene rings is 3. The van der Waals surface area contributed by atoms with Crippen LogP contribution in [-0.2, 0) is 14.8 Å². The van der Waals surface area contributed by atoms with Gasteiger partial charge in [-0.1, -0.05) is 29.8 Å². The predicted molar refractivity (Wildman–Crippen MR) is 134 cm³/mol. The van der Waals surface area contributed by atoms with Crippen molar-refractivity contribution in [3.8, 4) is 17.2 Å². The second-order valence-electron chi connectivity index (χ2n) is 7.62. The lowest BCUT2D eigenvalue weighted by atomic mass is 10.2. The van der Waals surface area contributed by atoms with Crippen molar-refractivity contribution >= 4 is 33.2 Å². The molecule has 7 nitrogen and oxygen atoms in total. The fraction of sp³-hybridized carbons (Fsp3) is 0.240. The molecule has 3 aromatic rings. The third-order valence-corrected chi connectivity index (χ3v) is 6.25. The van der Waals surface area contributed by atoms with Crippen LogP contribution in [0.2, 0.25) is 5.02 Å². The monoisotopic (exact) mass is 520 g/mol. The lowest BCUT2D eigenvalue weighted by Gasteiger charge is -2.25. The number of halogens is 2. The van der Waals surface area contributed by atoms with Crippen molar-refractivity contribution < 1.29 is 27.1 Å². The zero-order valence-corrected chi connectivity index (χ0v) is 20.7. The van der Waals surface area contributed by atoms with Gasteiger partial charge in [-0.05, 0) is 61.0 Å². The summed E-state index contributed by atoms with van der Waals surface area (Å²) in [5.41, 5.74) is 0.289. The molecule has 35 heavy (non-hydrogen) atoms. The molecule has 0 atom stereocenters. The molecule has 0 aliphatic heterocycles. The van der Waals surface area contributed by atoms with Gasteiger partial charge >= 0.3 is 0 Å². The van der Waals surface area contributed by atoms with E-state index in [4.69, 9.17) is 21.1 Å². The topological polar surface area (TPSA) is 84.9 Å². The van der Waals surface area contributed by atoms with Gasteiger partial charge in [0.05, 0.1) is 18.5 Å². The van der Waals surface area contributed by atoms with Gasteiger partial charge in [0.15, 0.2) is 5.75 Å². The molecule has 0 aliphatic rings. The normalized spacial score (nSPS) is 11.1. The van der Waals surface area contributed by atoms with Crippen molar-refractivity contribution in [1.29, 1.82) is 0 Å². The van der Waals surface area contributed by atoms with Gasteiger partial charge < -0.3 is 14.8 Å². The van der Waals surface area contributed by atoms with Crippen LogP contribution < -0.4 is 19.1 Å². The Morgan fingerprint density at radius 1 is 1.03 bits per heavy atom. The number of nitrogens with one attached hydrogen (secondary N) is 1. The van der Waals surface area contributed by atoms with E-state index in [1.807, 2.05) is 18.2 Å². The molecule has 0 saturated carbocycles. The molecule has 0 unspecified atom stereocenters. The Hall–Kier alpha value is -3.30. The molecular weight excluding hydrogens is 495 g/mol. The van der Waals surface area contributed by atoms with Crippen LogP contribution >= 0.6 is 11.6 Å². The van der Waals surface area contributed by atoms with E-state index in [1.165, 1.54) is 34.6 Å². The number of ether oxygens (including phenoxy) is 2. The second-order valence-corrected chi connectivity index (χ2v) is 9.96. The number of rotatable bonds is 12. The lowest BCUT2D eigenvalue weighted by molar-refractivity contribution is -0.121. The number of hydrogen-bond acceptors (Lipinski definition) is 5. The Morgan fingerprint density at radius 3 is 2.43 bits per heavy atom. The van der Waals surface area contributed by atoms with Crippen LogP contribution in [0.4, 0.5) is 10.1 Å². The van der Waals surface area contributed by atoms with Crippen LogP contribution in [0.3, 0.4) is 0 Å². The summed E-state index contributed by atoms with van der Waals surface area (Å²) < 4.78 is 50.6. The van der Waals surface area contributed by atoms with E-state index in [9.17, 15) is 17.6 Å². The van der Waals surface area contributed by atoms with Gasteiger partial charge in [0.25, 0.3) is 0 Å².